The van der Waals surface area contributed by atoms with E-state index in [2.05, 4.69) is 21.3 Å². The number of hydrogen-bond acceptors (Lipinski definition) is 5. The van der Waals surface area contributed by atoms with E-state index in [1.54, 1.807) is 0 Å². The fourth-order valence-corrected chi connectivity index (χ4v) is 0.186. The Balaban J connectivity index is 2.38. The average molecular weight is 86.1 g/mol. The molecule has 5 heteroatoms. The lowest BCUT2D eigenvalue weighted by atomic mass is 11.0. The smallest absolute Gasteiger partial charge is 0.258 e. The Morgan fingerprint density at radius 3 is 2.67 bits per heavy atom. The highest BCUT2D eigenvalue weighted by molar-refractivity contribution is 4.71. The van der Waals surface area contributed by atoms with Gasteiger partial charge in [0.15, 0.2) is 0 Å². The minimum atomic E-state index is 0.301. The predicted octanol–water partition coefficient (Wildman–Crippen LogP) is -1.13. The van der Waals surface area contributed by atoms with Gasteiger partial charge in [-0.3, -0.25) is 5.73 Å². The lowest BCUT2D eigenvalue weighted by molar-refractivity contribution is 0.638. The van der Waals surface area contributed by atoms with Gasteiger partial charge in [0.25, 0.3) is 6.29 Å². The Hall–Kier alpha value is -0.680. The van der Waals surface area contributed by atoms with Gasteiger partial charge >= 0.3 is 0 Å². The summed E-state index contributed by atoms with van der Waals surface area (Å²) in [7, 11) is 0. The zero-order chi connectivity index (χ0) is 4.41. The molecular formula is CH4N5. The Morgan fingerprint density at radius 2 is 2.50 bits per heavy atom. The Bertz CT molecular complexity index is 66.3. The number of nitrogens with one attached hydrogen (secondary N) is 2. The molecule has 0 bridgehead atoms. The lowest BCUT2D eigenvalue weighted by Crippen LogP contribution is -2.29. The third-order valence-corrected chi connectivity index (χ3v) is 0.392. The summed E-state index contributed by atoms with van der Waals surface area (Å²) in [5, 5.41) is 6.60. The predicted molar refractivity (Wildman–Crippen MR) is 18.6 cm³/mol. The van der Waals surface area contributed by atoms with Gasteiger partial charge in [0, 0.05) is 0 Å². The monoisotopic (exact) mass is 86.0 g/mol. The van der Waals surface area contributed by atoms with Gasteiger partial charge in [0.2, 0.25) is 0 Å². The van der Waals surface area contributed by atoms with Crippen molar-refractivity contribution in [3.63, 3.8) is 0 Å². The van der Waals surface area contributed by atoms with Gasteiger partial charge in [0.1, 0.15) is 0 Å². The van der Waals surface area contributed by atoms with Crippen LogP contribution in [-0.2, 0) is 0 Å². The van der Waals surface area contributed by atoms with Crippen LogP contribution >= 0.6 is 0 Å². The SMILES string of the molecule is N[C]1N=NNN1. The molecule has 0 aromatic carbocycles. The summed E-state index contributed by atoms with van der Waals surface area (Å²) in [5.41, 5.74) is 9.77. The van der Waals surface area contributed by atoms with Crippen LogP contribution in [0.15, 0.2) is 10.3 Å². The van der Waals surface area contributed by atoms with Crippen LogP contribution in [0.3, 0.4) is 0 Å². The molecule has 1 aliphatic heterocycles. The molecule has 0 saturated carbocycles. The second kappa shape index (κ2) is 1.19. The average Bonchev–Trinajstić information content (AvgIpc) is 1.86. The number of rotatable bonds is 0. The van der Waals surface area contributed by atoms with Crippen molar-refractivity contribution in [1.82, 2.24) is 11.0 Å². The molecule has 33 valence electrons. The van der Waals surface area contributed by atoms with E-state index in [0.717, 1.165) is 0 Å². The van der Waals surface area contributed by atoms with Gasteiger partial charge in [-0.05, 0) is 0 Å². The van der Waals surface area contributed by atoms with E-state index in [9.17, 15) is 0 Å². The highest BCUT2D eigenvalue weighted by atomic mass is 15.7. The fourth-order valence-electron chi connectivity index (χ4n) is 0.186. The first-order valence-electron chi connectivity index (χ1n) is 1.44. The number of hydrazine groups is 1. The molecule has 0 saturated heterocycles. The van der Waals surface area contributed by atoms with Gasteiger partial charge in [-0.15, -0.1) is 5.11 Å². The van der Waals surface area contributed by atoms with Crippen LogP contribution < -0.4 is 16.7 Å². The molecule has 0 spiro atoms. The first-order chi connectivity index (χ1) is 2.89. The topological polar surface area (TPSA) is 74.8 Å². The Kier molecular flexibility index (Phi) is 0.697. The van der Waals surface area contributed by atoms with Gasteiger partial charge in [-0.25, -0.2) is 5.53 Å². The maximum atomic E-state index is 5.02. The second-order valence-corrected chi connectivity index (χ2v) is 0.822. The molecule has 6 heavy (non-hydrogen) atoms. The van der Waals surface area contributed by atoms with E-state index < -0.39 is 0 Å². The summed E-state index contributed by atoms with van der Waals surface area (Å²) in [6.07, 6.45) is 0.301. The molecule has 1 rings (SSSR count). The summed E-state index contributed by atoms with van der Waals surface area (Å²) >= 11 is 0. The first kappa shape index (κ1) is 3.51. The minimum absolute atomic E-state index is 0.301. The van der Waals surface area contributed by atoms with Crippen molar-refractivity contribution in [3.8, 4) is 0 Å². The van der Waals surface area contributed by atoms with E-state index in [-0.39, 0.29) is 0 Å². The number of nitrogens with zero attached hydrogens (tertiary/aromatic N) is 2. The molecule has 0 unspecified atom stereocenters. The van der Waals surface area contributed by atoms with Crippen LogP contribution in [0, 0.1) is 6.29 Å². The molecule has 0 aromatic rings. The van der Waals surface area contributed by atoms with E-state index in [0.29, 0.717) is 6.29 Å². The molecule has 0 amide bonds. The summed E-state index contributed by atoms with van der Waals surface area (Å²) in [6.45, 7) is 0. The van der Waals surface area contributed by atoms with Gasteiger partial charge in [-0.2, -0.15) is 5.43 Å². The van der Waals surface area contributed by atoms with Crippen molar-refractivity contribution < 1.29 is 0 Å². The van der Waals surface area contributed by atoms with Gasteiger partial charge in [0.05, 0.1) is 0 Å². The van der Waals surface area contributed by atoms with Crippen molar-refractivity contribution in [3.05, 3.63) is 6.29 Å². The molecular weight excluding hydrogens is 82.0 g/mol. The molecule has 1 heterocycles. The number of nitrogens with two attached hydrogens (primary N) is 1. The summed E-state index contributed by atoms with van der Waals surface area (Å²) in [6, 6.07) is 0. The third-order valence-electron chi connectivity index (χ3n) is 0.392. The van der Waals surface area contributed by atoms with E-state index >= 15 is 0 Å². The fraction of sp³-hybridized carbons (Fsp3) is 0. The van der Waals surface area contributed by atoms with Crippen LogP contribution in [0.25, 0.3) is 0 Å². The molecule has 0 fully saturated rings. The zero-order valence-electron chi connectivity index (χ0n) is 2.97. The summed E-state index contributed by atoms with van der Waals surface area (Å²) in [5.74, 6) is 0. The van der Waals surface area contributed by atoms with Crippen LogP contribution in [0.1, 0.15) is 0 Å². The maximum Gasteiger partial charge on any atom is 0.258 e. The molecule has 0 aromatic heterocycles. The van der Waals surface area contributed by atoms with Crippen LogP contribution in [0.5, 0.6) is 0 Å². The van der Waals surface area contributed by atoms with E-state index in [1.165, 1.54) is 0 Å². The quantitative estimate of drug-likeness (QED) is 0.349. The molecule has 4 N–H and O–H groups in total. The van der Waals surface area contributed by atoms with E-state index in [4.69, 9.17) is 5.73 Å². The normalized spacial score (nSPS) is 21.5. The van der Waals surface area contributed by atoms with Gasteiger partial charge < -0.3 is 0 Å². The first-order valence-corrected chi connectivity index (χ1v) is 1.44. The summed E-state index contributed by atoms with van der Waals surface area (Å²) in [4.78, 5) is 0. The summed E-state index contributed by atoms with van der Waals surface area (Å²) < 4.78 is 0. The van der Waals surface area contributed by atoms with Crippen molar-refractivity contribution >= 4 is 0 Å². The van der Waals surface area contributed by atoms with Crippen molar-refractivity contribution in [2.45, 2.75) is 0 Å². The number of hydrogen-bond donors (Lipinski definition) is 3. The van der Waals surface area contributed by atoms with Crippen LogP contribution in [0.4, 0.5) is 0 Å². The third kappa shape index (κ3) is 0.447. The molecule has 1 radical (unpaired) electrons. The second-order valence-electron chi connectivity index (χ2n) is 0.822. The maximum absolute atomic E-state index is 5.02. The van der Waals surface area contributed by atoms with Crippen molar-refractivity contribution in [2.75, 3.05) is 0 Å². The van der Waals surface area contributed by atoms with Crippen LogP contribution in [-0.4, -0.2) is 0 Å². The van der Waals surface area contributed by atoms with Crippen LogP contribution in [0.2, 0.25) is 0 Å². The largest absolute Gasteiger partial charge is 0.287 e. The molecule has 1 aliphatic rings. The lowest BCUT2D eigenvalue weighted by Gasteiger charge is -1.88. The Morgan fingerprint density at radius 1 is 1.67 bits per heavy atom. The molecule has 0 atom stereocenters. The van der Waals surface area contributed by atoms with Crippen molar-refractivity contribution in [2.24, 2.45) is 16.1 Å². The molecule has 5 nitrogen and oxygen atoms in total. The molecule has 0 aliphatic carbocycles. The highest BCUT2D eigenvalue weighted by Gasteiger charge is 2.01. The van der Waals surface area contributed by atoms with E-state index in [1.807, 2.05) is 0 Å². The zero-order valence-corrected chi connectivity index (χ0v) is 2.97. The Labute approximate surface area is 34.6 Å². The highest BCUT2D eigenvalue weighted by Crippen LogP contribution is 1.87. The van der Waals surface area contributed by atoms with Gasteiger partial charge in [-0.1, -0.05) is 5.22 Å². The standard InChI is InChI=1S/CH4N5/c2-1-3-5-6-4-1/h2H2,(H,3,6)(H,4,5). The minimum Gasteiger partial charge on any atom is -0.287 e. The van der Waals surface area contributed by atoms with Crippen molar-refractivity contribution in [1.29, 1.82) is 0 Å².